The molecule has 1 aliphatic heterocycles. The molecule has 200 valence electrons. The summed E-state index contributed by atoms with van der Waals surface area (Å²) < 4.78 is 15.8. The minimum absolute atomic E-state index is 0.0854. The van der Waals surface area contributed by atoms with Gasteiger partial charge in [-0.2, -0.15) is 0 Å². The maximum absolute atomic E-state index is 13.5. The van der Waals surface area contributed by atoms with Crippen molar-refractivity contribution in [3.63, 3.8) is 0 Å². The Balaban J connectivity index is 2.28. The lowest BCUT2D eigenvalue weighted by molar-refractivity contribution is -0.140. The van der Waals surface area contributed by atoms with Crippen molar-refractivity contribution in [2.45, 2.75) is 33.7 Å². The number of nitrogens with one attached hydrogen (secondary N) is 1. The maximum Gasteiger partial charge on any atom is 0.354 e. The molecule has 1 atom stereocenters. The highest BCUT2D eigenvalue weighted by molar-refractivity contribution is 6.46. The van der Waals surface area contributed by atoms with Crippen LogP contribution in [0.25, 0.3) is 5.76 Å². The van der Waals surface area contributed by atoms with E-state index in [0.29, 0.717) is 34.9 Å². The fourth-order valence-electron chi connectivity index (χ4n) is 4.82. The van der Waals surface area contributed by atoms with Gasteiger partial charge in [-0.3, -0.25) is 9.59 Å². The molecule has 1 amide bonds. The molecule has 1 aromatic carbocycles. The first-order valence-corrected chi connectivity index (χ1v) is 12.1. The Kier molecular flexibility index (Phi) is 8.65. The number of aryl methyl sites for hydroxylation is 1. The number of hydrogen-bond acceptors (Lipinski definition) is 8. The number of benzene rings is 1. The molecule has 0 saturated carbocycles. The molecule has 2 aromatic rings. The van der Waals surface area contributed by atoms with Crippen molar-refractivity contribution in [2.75, 3.05) is 47.5 Å². The minimum atomic E-state index is -0.934. The van der Waals surface area contributed by atoms with Crippen LogP contribution in [0.3, 0.4) is 0 Å². The molecule has 0 unspecified atom stereocenters. The summed E-state index contributed by atoms with van der Waals surface area (Å²) in [5.41, 5.74) is 1.72. The molecule has 1 saturated heterocycles. The Bertz CT molecular complexity index is 1230. The molecule has 37 heavy (non-hydrogen) atoms. The van der Waals surface area contributed by atoms with E-state index >= 15 is 0 Å². The van der Waals surface area contributed by atoms with E-state index in [-0.39, 0.29) is 29.1 Å². The van der Waals surface area contributed by atoms with Gasteiger partial charge >= 0.3 is 5.97 Å². The van der Waals surface area contributed by atoms with Gasteiger partial charge in [-0.1, -0.05) is 13.8 Å². The Morgan fingerprint density at radius 2 is 1.78 bits per heavy atom. The zero-order chi connectivity index (χ0) is 27.4. The van der Waals surface area contributed by atoms with Crippen LogP contribution in [0.15, 0.2) is 23.8 Å². The van der Waals surface area contributed by atoms with Gasteiger partial charge in [0.15, 0.2) is 0 Å². The summed E-state index contributed by atoms with van der Waals surface area (Å²) in [7, 11) is 4.27. The lowest BCUT2D eigenvalue weighted by Crippen LogP contribution is -2.38. The third-order valence-corrected chi connectivity index (χ3v) is 6.89. The number of aromatic nitrogens is 1. The van der Waals surface area contributed by atoms with Crippen molar-refractivity contribution in [1.29, 1.82) is 0 Å². The molecule has 0 radical (unpaired) electrons. The summed E-state index contributed by atoms with van der Waals surface area (Å²) >= 11 is 0. The van der Waals surface area contributed by atoms with E-state index < -0.39 is 23.7 Å². The quantitative estimate of drug-likeness (QED) is 0.215. The number of esters is 1. The number of amides is 1. The van der Waals surface area contributed by atoms with Crippen LogP contribution in [0.5, 0.6) is 11.5 Å². The molecule has 0 bridgehead atoms. The third kappa shape index (κ3) is 5.06. The van der Waals surface area contributed by atoms with Crippen LogP contribution in [0.4, 0.5) is 0 Å². The number of likely N-dealkylation sites (N-methyl/N-ethyl adjacent to an activating group) is 1. The van der Waals surface area contributed by atoms with Gasteiger partial charge in [0.05, 0.1) is 32.9 Å². The smallest absolute Gasteiger partial charge is 0.354 e. The van der Waals surface area contributed by atoms with Crippen molar-refractivity contribution in [2.24, 2.45) is 0 Å². The third-order valence-electron chi connectivity index (χ3n) is 6.89. The number of H-pyrrole nitrogens is 1. The van der Waals surface area contributed by atoms with Crippen molar-refractivity contribution in [3.8, 4) is 11.5 Å². The molecule has 3 rings (SSSR count). The van der Waals surface area contributed by atoms with E-state index in [1.807, 2.05) is 13.8 Å². The second-order valence-corrected chi connectivity index (χ2v) is 8.74. The molecule has 1 aromatic heterocycles. The molecule has 0 spiro atoms. The average molecular weight is 514 g/mol. The molecular formula is C27H35N3O7. The number of likely N-dealkylation sites (tertiary alicyclic amines) is 1. The van der Waals surface area contributed by atoms with Crippen molar-refractivity contribution >= 4 is 23.4 Å². The van der Waals surface area contributed by atoms with Gasteiger partial charge in [0, 0.05) is 29.9 Å². The summed E-state index contributed by atoms with van der Waals surface area (Å²) in [5, 5.41) is 11.6. The maximum atomic E-state index is 13.5. The Labute approximate surface area is 216 Å². The minimum Gasteiger partial charge on any atom is -0.507 e. The highest BCUT2D eigenvalue weighted by Gasteiger charge is 2.47. The van der Waals surface area contributed by atoms with Crippen LogP contribution in [0, 0.1) is 13.8 Å². The van der Waals surface area contributed by atoms with E-state index in [1.54, 1.807) is 32.0 Å². The molecule has 2 heterocycles. The molecule has 1 fully saturated rings. The van der Waals surface area contributed by atoms with Crippen LogP contribution in [-0.4, -0.2) is 85.1 Å². The molecule has 10 heteroatoms. The molecular weight excluding hydrogens is 478 g/mol. The normalized spacial score (nSPS) is 17.0. The lowest BCUT2D eigenvalue weighted by atomic mass is 9.93. The number of nitrogens with zero attached hydrogens (tertiary/aromatic N) is 2. The second kappa shape index (κ2) is 11.5. The fraction of sp³-hybridized carbons (Fsp3) is 0.444. The first-order chi connectivity index (χ1) is 17.6. The summed E-state index contributed by atoms with van der Waals surface area (Å²) in [6, 6.07) is 4.17. The molecule has 0 aliphatic carbocycles. The number of methoxy groups -OCH3 is 3. The Hall–Kier alpha value is -3.79. The molecule has 10 nitrogen and oxygen atoms in total. The van der Waals surface area contributed by atoms with Crippen LogP contribution in [0.2, 0.25) is 0 Å². The summed E-state index contributed by atoms with van der Waals surface area (Å²) in [5.74, 6) is -1.57. The Morgan fingerprint density at radius 1 is 1.11 bits per heavy atom. The van der Waals surface area contributed by atoms with Crippen LogP contribution < -0.4 is 9.47 Å². The van der Waals surface area contributed by atoms with Crippen molar-refractivity contribution in [3.05, 3.63) is 51.9 Å². The van der Waals surface area contributed by atoms with Gasteiger partial charge < -0.3 is 34.1 Å². The second-order valence-electron chi connectivity index (χ2n) is 8.74. The Morgan fingerprint density at radius 3 is 2.35 bits per heavy atom. The monoisotopic (exact) mass is 513 g/mol. The number of aliphatic hydroxyl groups excluding tert-OH is 1. The van der Waals surface area contributed by atoms with E-state index in [9.17, 15) is 19.5 Å². The summed E-state index contributed by atoms with van der Waals surface area (Å²) in [6.45, 7) is 9.73. The fourth-order valence-corrected chi connectivity index (χ4v) is 4.82. The van der Waals surface area contributed by atoms with Crippen LogP contribution in [0.1, 0.15) is 52.8 Å². The number of carbonyl (C=O) groups excluding carboxylic acids is 3. The average Bonchev–Trinajstić information content (AvgIpc) is 3.34. The van der Waals surface area contributed by atoms with E-state index in [0.717, 1.165) is 13.1 Å². The molecule has 2 N–H and O–H groups in total. The van der Waals surface area contributed by atoms with Gasteiger partial charge in [-0.05, 0) is 50.7 Å². The van der Waals surface area contributed by atoms with E-state index in [1.165, 1.54) is 26.2 Å². The van der Waals surface area contributed by atoms with Crippen molar-refractivity contribution in [1.82, 2.24) is 14.8 Å². The first-order valence-electron chi connectivity index (χ1n) is 12.1. The number of ketones is 1. The van der Waals surface area contributed by atoms with Gasteiger partial charge in [0.1, 0.15) is 23.0 Å². The summed E-state index contributed by atoms with van der Waals surface area (Å²) in [4.78, 5) is 45.6. The van der Waals surface area contributed by atoms with E-state index in [2.05, 4.69) is 9.88 Å². The zero-order valence-corrected chi connectivity index (χ0v) is 22.4. The number of aromatic amines is 1. The SMILES string of the molecule is CCN(CC)CCN1C(=O)C(=O)C(=C(O)c2c(C)[nH]c(C(=O)OC)c2C)[C@H]1c1cc(OC)ccc1OC. The van der Waals surface area contributed by atoms with Gasteiger partial charge in [0.2, 0.25) is 0 Å². The highest BCUT2D eigenvalue weighted by Crippen LogP contribution is 2.44. The van der Waals surface area contributed by atoms with Crippen LogP contribution >= 0.6 is 0 Å². The topological polar surface area (TPSA) is 121 Å². The lowest BCUT2D eigenvalue weighted by Gasteiger charge is -2.29. The molecule has 1 aliphatic rings. The van der Waals surface area contributed by atoms with Crippen molar-refractivity contribution < 1.29 is 33.7 Å². The predicted molar refractivity (Wildman–Crippen MR) is 138 cm³/mol. The van der Waals surface area contributed by atoms with Gasteiger partial charge in [-0.15, -0.1) is 0 Å². The number of aliphatic hydroxyl groups is 1. The highest BCUT2D eigenvalue weighted by atomic mass is 16.5. The zero-order valence-electron chi connectivity index (χ0n) is 22.4. The van der Waals surface area contributed by atoms with E-state index in [4.69, 9.17) is 14.2 Å². The summed E-state index contributed by atoms with van der Waals surface area (Å²) in [6.07, 6.45) is 0. The van der Waals surface area contributed by atoms with Gasteiger partial charge in [0.25, 0.3) is 11.7 Å². The predicted octanol–water partition coefficient (Wildman–Crippen LogP) is 3.20. The number of Topliss-reactive ketones (excluding diaryl/α,β-unsaturated/α-hetero) is 1. The first kappa shape index (κ1) is 27.8. The standard InChI is InChI=1S/C27H35N3O7/c1-8-29(9-2)12-13-30-23(18-14-17(35-5)10-11-19(18)36-6)21(25(32)26(30)33)24(31)20-15(3)22(27(34)37-7)28-16(20)4/h10-11,14,23,28,31H,8-9,12-13H2,1-7H3/t23-/m1/s1. The van der Waals surface area contributed by atoms with Crippen LogP contribution in [-0.2, 0) is 14.3 Å². The number of carbonyl (C=O) groups is 3. The number of hydrogen-bond donors (Lipinski definition) is 2. The largest absolute Gasteiger partial charge is 0.507 e. The number of rotatable bonds is 10. The van der Waals surface area contributed by atoms with Gasteiger partial charge in [-0.25, -0.2) is 4.79 Å². The number of ether oxygens (including phenoxy) is 3.